The average molecular weight is 838 g/mol. The molecule has 5 aliphatic rings. The first-order valence-corrected chi connectivity index (χ1v) is 18.3. The summed E-state index contributed by atoms with van der Waals surface area (Å²) in [5.41, 5.74) is 0. The van der Waals surface area contributed by atoms with Gasteiger partial charge in [0.05, 0.1) is 32.0 Å². The molecular weight excluding hydrogens is 782 g/mol. The fraction of sp³-hybridized carbons (Fsp3) is 0.969. The number of aliphatic hydroxyl groups excluding tert-OH is 14. The van der Waals surface area contributed by atoms with Crippen LogP contribution in [0.5, 0.6) is 0 Å². The van der Waals surface area contributed by atoms with E-state index in [1.807, 2.05) is 0 Å². The molecule has 25 nitrogen and oxygen atoms in total. The molecular formula is C32H55NO24. The van der Waals surface area contributed by atoms with Crippen LogP contribution in [0.15, 0.2) is 0 Å². The predicted octanol–water partition coefficient (Wildman–Crippen LogP) is -9.73. The highest BCUT2D eigenvalue weighted by Gasteiger charge is 2.58. The molecule has 15 N–H and O–H groups in total. The fourth-order valence-corrected chi connectivity index (χ4v) is 7.28. The fourth-order valence-electron chi connectivity index (χ4n) is 7.28. The second-order valence-corrected chi connectivity index (χ2v) is 14.7. The van der Waals surface area contributed by atoms with Crippen LogP contribution in [0.25, 0.3) is 0 Å². The number of aliphatic hydroxyl groups is 14. The quantitative estimate of drug-likeness (QED) is 0.0867. The van der Waals surface area contributed by atoms with Crippen LogP contribution >= 0.6 is 0 Å². The number of rotatable bonds is 12. The Morgan fingerprint density at radius 2 is 0.860 bits per heavy atom. The van der Waals surface area contributed by atoms with Crippen molar-refractivity contribution in [2.75, 3.05) is 19.8 Å². The second-order valence-electron chi connectivity index (χ2n) is 14.7. The summed E-state index contributed by atoms with van der Waals surface area (Å²) in [5, 5.41) is 150. The van der Waals surface area contributed by atoms with E-state index in [-0.39, 0.29) is 0 Å². The Kier molecular flexibility index (Phi) is 16.0. The van der Waals surface area contributed by atoms with Gasteiger partial charge in [0.2, 0.25) is 5.91 Å². The van der Waals surface area contributed by atoms with Gasteiger partial charge in [-0.1, -0.05) is 0 Å². The van der Waals surface area contributed by atoms with Crippen LogP contribution in [0.3, 0.4) is 0 Å². The van der Waals surface area contributed by atoms with E-state index in [1.54, 1.807) is 0 Å². The number of hydrogen-bond acceptors (Lipinski definition) is 24. The van der Waals surface area contributed by atoms with Crippen molar-refractivity contribution in [2.45, 2.75) is 174 Å². The zero-order chi connectivity index (χ0) is 42.2. The van der Waals surface area contributed by atoms with E-state index < -0.39 is 179 Å². The van der Waals surface area contributed by atoms with E-state index in [4.69, 9.17) is 42.6 Å². The van der Waals surface area contributed by atoms with Gasteiger partial charge in [-0.15, -0.1) is 0 Å². The summed E-state index contributed by atoms with van der Waals surface area (Å²) in [6.07, 6.45) is -42.9. The van der Waals surface area contributed by atoms with E-state index in [0.717, 1.165) is 6.92 Å². The van der Waals surface area contributed by atoms with Crippen molar-refractivity contribution < 1.29 is 119 Å². The van der Waals surface area contributed by atoms with Crippen LogP contribution in [0, 0.1) is 0 Å². The highest BCUT2D eigenvalue weighted by molar-refractivity contribution is 5.73. The molecule has 0 aromatic heterocycles. The molecule has 5 rings (SSSR count). The van der Waals surface area contributed by atoms with E-state index in [0.29, 0.717) is 0 Å². The normalized spacial score (nSPS) is 52.3. The average Bonchev–Trinajstić information content (AvgIpc) is 3.18. The molecule has 0 saturated carbocycles. The molecule has 332 valence electrons. The third-order valence-corrected chi connectivity index (χ3v) is 10.6. The van der Waals surface area contributed by atoms with Crippen LogP contribution in [-0.4, -0.2) is 251 Å². The van der Waals surface area contributed by atoms with Crippen molar-refractivity contribution in [1.82, 2.24) is 5.32 Å². The molecule has 0 aromatic rings. The summed E-state index contributed by atoms with van der Waals surface area (Å²) in [6, 6.07) is -1.66. The Morgan fingerprint density at radius 3 is 1.35 bits per heavy atom. The van der Waals surface area contributed by atoms with Crippen molar-refractivity contribution >= 4 is 5.91 Å². The number of ether oxygens (including phenoxy) is 9. The van der Waals surface area contributed by atoms with E-state index in [9.17, 15) is 76.3 Å². The lowest BCUT2D eigenvalue weighted by atomic mass is 9.94. The van der Waals surface area contributed by atoms with Gasteiger partial charge in [-0.2, -0.15) is 0 Å². The summed E-state index contributed by atoms with van der Waals surface area (Å²) in [5.74, 6) is -0.774. The number of nitrogens with one attached hydrogen (secondary N) is 1. The summed E-state index contributed by atoms with van der Waals surface area (Å²) >= 11 is 0. The summed E-state index contributed by atoms with van der Waals surface area (Å²) < 4.78 is 52.2. The number of amides is 1. The highest BCUT2D eigenvalue weighted by atomic mass is 16.8. The monoisotopic (exact) mass is 837 g/mol. The van der Waals surface area contributed by atoms with Gasteiger partial charge in [0.15, 0.2) is 31.5 Å². The topological polar surface area (TPSA) is 395 Å². The lowest BCUT2D eigenvalue weighted by Crippen LogP contribution is -2.70. The zero-order valence-corrected chi connectivity index (χ0v) is 30.9. The molecule has 0 unspecified atom stereocenters. The lowest BCUT2D eigenvalue weighted by Gasteiger charge is -2.51. The molecule has 0 aromatic carbocycles. The molecule has 25 atom stereocenters. The van der Waals surface area contributed by atoms with E-state index in [2.05, 4.69) is 5.32 Å². The molecule has 5 saturated heterocycles. The van der Waals surface area contributed by atoms with Gasteiger partial charge in [-0.25, -0.2) is 0 Å². The van der Waals surface area contributed by atoms with Gasteiger partial charge in [0.25, 0.3) is 0 Å². The minimum Gasteiger partial charge on any atom is -0.394 e. The molecule has 5 heterocycles. The third kappa shape index (κ3) is 9.71. The van der Waals surface area contributed by atoms with Crippen LogP contribution in [-0.2, 0) is 47.4 Å². The van der Waals surface area contributed by atoms with Crippen molar-refractivity contribution in [2.24, 2.45) is 0 Å². The van der Waals surface area contributed by atoms with E-state index >= 15 is 0 Å². The Hall–Kier alpha value is -1.45. The molecule has 57 heavy (non-hydrogen) atoms. The summed E-state index contributed by atoms with van der Waals surface area (Å²) in [6.45, 7) is 0.921. The van der Waals surface area contributed by atoms with Gasteiger partial charge in [-0.05, 0) is 13.8 Å². The van der Waals surface area contributed by atoms with Gasteiger partial charge >= 0.3 is 0 Å². The van der Waals surface area contributed by atoms with Crippen molar-refractivity contribution in [3.63, 3.8) is 0 Å². The third-order valence-electron chi connectivity index (χ3n) is 10.6. The second kappa shape index (κ2) is 19.5. The molecule has 1 amide bonds. The minimum atomic E-state index is -2.06. The van der Waals surface area contributed by atoms with Crippen LogP contribution in [0.4, 0.5) is 0 Å². The summed E-state index contributed by atoms with van der Waals surface area (Å²) in [4.78, 5) is 12.4. The molecule has 0 radical (unpaired) electrons. The summed E-state index contributed by atoms with van der Waals surface area (Å²) in [7, 11) is 0. The van der Waals surface area contributed by atoms with Crippen molar-refractivity contribution in [3.05, 3.63) is 0 Å². The number of hydrogen-bond donors (Lipinski definition) is 15. The maximum atomic E-state index is 12.4. The van der Waals surface area contributed by atoms with Crippen molar-refractivity contribution in [3.8, 4) is 0 Å². The van der Waals surface area contributed by atoms with Gasteiger partial charge in [-0.3, -0.25) is 4.79 Å². The first-order valence-electron chi connectivity index (χ1n) is 18.3. The first kappa shape index (κ1) is 46.6. The Labute approximate surface area is 324 Å². The van der Waals surface area contributed by atoms with Crippen LogP contribution in [0.1, 0.15) is 20.8 Å². The maximum Gasteiger partial charge on any atom is 0.217 e. The van der Waals surface area contributed by atoms with Crippen LogP contribution in [0.2, 0.25) is 0 Å². The largest absolute Gasteiger partial charge is 0.394 e. The zero-order valence-electron chi connectivity index (χ0n) is 30.9. The molecule has 5 fully saturated rings. The smallest absolute Gasteiger partial charge is 0.217 e. The minimum absolute atomic E-state index is 0.774. The highest BCUT2D eigenvalue weighted by Crippen LogP contribution is 2.37. The Morgan fingerprint density at radius 1 is 0.456 bits per heavy atom. The molecule has 0 aliphatic carbocycles. The maximum absolute atomic E-state index is 12.4. The molecule has 0 spiro atoms. The van der Waals surface area contributed by atoms with E-state index in [1.165, 1.54) is 13.8 Å². The van der Waals surface area contributed by atoms with Gasteiger partial charge in [0.1, 0.15) is 110 Å². The lowest BCUT2D eigenvalue weighted by molar-refractivity contribution is -0.406. The number of carbonyl (C=O) groups excluding carboxylic acids is 1. The van der Waals surface area contributed by atoms with Crippen LogP contribution < -0.4 is 5.32 Å². The Bertz CT molecular complexity index is 1290. The SMILES string of the molecule is CC(=O)N[C@@H]1[C@@H](O[C@@H]2O[C@H](CO)[C@H](O)[C@H](O[C@H]3O[C@H](CO)[C@H](O)[C@H](O)[C@H]3O)[C@H]2O[C@@H]2O[C@@H](C)[C@@H](O)[C@@H](O)[C@@H]2O)[C@H](O[C@@H]2O[C@@H](C)[C@@H](O)[C@@H](O)[C@@H]2O)[C@@H](CO)O[C@H]1O. The molecule has 5 aliphatic heterocycles. The molecule has 0 bridgehead atoms. The van der Waals surface area contributed by atoms with Crippen molar-refractivity contribution in [1.29, 1.82) is 0 Å². The first-order chi connectivity index (χ1) is 26.8. The van der Waals surface area contributed by atoms with Gasteiger partial charge in [0, 0.05) is 6.92 Å². The standard InChI is InChI=1S/C32H55NO24/c1-7-14(38)18(42)21(45)29(49-7)54-24-12(6-36)51-28(48)13(33-9(3)37)25(24)55-32-27(57-30-22(46)19(43)15(39)8(2)50-30)26(17(41)11(5-35)53-32)56-31-23(47)20(44)16(40)10(4-34)52-31/h7-8,10-32,34-36,38-48H,4-6H2,1-3H3,(H,33,37)/t7-,8-,10+,11+,12+,13+,14+,15+,16-,17-,18+,19+,20-,21-,22-,23+,24+,25+,26-,27+,28+,29-,30-,31+,32-/m0/s1. The van der Waals surface area contributed by atoms with Gasteiger partial charge < -0.3 is 119 Å². The molecule has 25 heteroatoms. The number of carbonyl (C=O) groups is 1. The Balaban J connectivity index is 1.57. The predicted molar refractivity (Wildman–Crippen MR) is 175 cm³/mol.